The molecule has 0 fully saturated rings. The first-order chi connectivity index (χ1) is 15.7. The molecule has 0 amide bonds. The van der Waals surface area contributed by atoms with Crippen molar-refractivity contribution in [3.8, 4) is 5.75 Å². The molecule has 4 aromatic rings. The normalized spacial score (nSPS) is 16.8. The summed E-state index contributed by atoms with van der Waals surface area (Å²) in [5.74, 6) is 0.828. The molecule has 0 saturated carbocycles. The predicted octanol–water partition coefficient (Wildman–Crippen LogP) is 6.91. The Kier molecular flexibility index (Phi) is 5.42. The van der Waals surface area contributed by atoms with E-state index in [0.717, 1.165) is 33.7 Å². The number of anilines is 1. The van der Waals surface area contributed by atoms with Gasteiger partial charge in [-0.25, -0.2) is 0 Å². The Bertz CT molecular complexity index is 1150. The number of rotatable bonds is 5. The summed E-state index contributed by atoms with van der Waals surface area (Å²) in [5.41, 5.74) is 4.54. The van der Waals surface area contributed by atoms with E-state index in [1.165, 1.54) is 0 Å². The third-order valence-electron chi connectivity index (χ3n) is 5.81. The van der Waals surface area contributed by atoms with Crippen LogP contribution in [0.25, 0.3) is 0 Å². The second kappa shape index (κ2) is 8.52. The topological polar surface area (TPSA) is 30.5 Å². The third kappa shape index (κ3) is 3.55. The minimum absolute atomic E-state index is 0.0695. The van der Waals surface area contributed by atoms with Crippen LogP contribution < -0.4 is 10.1 Å². The minimum Gasteiger partial charge on any atom is -0.491 e. The number of para-hydroxylation sites is 2. The molecule has 5 rings (SSSR count). The monoisotopic (exact) mass is 421 g/mol. The molecule has 3 heteroatoms. The molecule has 32 heavy (non-hydrogen) atoms. The summed E-state index contributed by atoms with van der Waals surface area (Å²) in [6.07, 6.45) is -0.319. The molecule has 0 bridgehead atoms. The van der Waals surface area contributed by atoms with Crippen molar-refractivity contribution in [1.29, 1.82) is 0 Å². The zero-order valence-electron chi connectivity index (χ0n) is 18.4. The van der Waals surface area contributed by atoms with E-state index >= 15 is 0 Å². The van der Waals surface area contributed by atoms with Gasteiger partial charge in [0.1, 0.15) is 11.4 Å². The SMILES string of the molecule is CC(C)Oc1ccccc1[C@H]1Nc2ccccc2C(c2ccccc2)(c2ccccc2)O1. The van der Waals surface area contributed by atoms with Crippen LogP contribution in [0.5, 0.6) is 5.75 Å². The van der Waals surface area contributed by atoms with Crippen LogP contribution in [0.2, 0.25) is 0 Å². The van der Waals surface area contributed by atoms with Crippen LogP contribution in [0.4, 0.5) is 5.69 Å². The highest BCUT2D eigenvalue weighted by molar-refractivity contribution is 5.64. The number of nitrogens with one attached hydrogen (secondary N) is 1. The first-order valence-corrected chi connectivity index (χ1v) is 11.1. The molecule has 1 atom stereocenters. The lowest BCUT2D eigenvalue weighted by Crippen LogP contribution is -2.41. The highest BCUT2D eigenvalue weighted by Crippen LogP contribution is 2.50. The second-order valence-electron chi connectivity index (χ2n) is 8.31. The zero-order valence-corrected chi connectivity index (χ0v) is 18.4. The van der Waals surface area contributed by atoms with Crippen LogP contribution in [-0.4, -0.2) is 6.10 Å². The van der Waals surface area contributed by atoms with Crippen molar-refractivity contribution in [1.82, 2.24) is 0 Å². The first-order valence-electron chi connectivity index (χ1n) is 11.1. The van der Waals surface area contributed by atoms with Gasteiger partial charge in [0.2, 0.25) is 0 Å². The van der Waals surface area contributed by atoms with Crippen LogP contribution in [0, 0.1) is 0 Å². The van der Waals surface area contributed by atoms with Crippen molar-refractivity contribution in [3.05, 3.63) is 131 Å². The average Bonchev–Trinajstić information content (AvgIpc) is 2.84. The highest BCUT2D eigenvalue weighted by Gasteiger charge is 2.45. The van der Waals surface area contributed by atoms with Gasteiger partial charge >= 0.3 is 0 Å². The molecule has 0 aliphatic carbocycles. The maximum absolute atomic E-state index is 7.09. The number of fused-ring (bicyclic) bond motifs is 1. The van der Waals surface area contributed by atoms with Crippen LogP contribution >= 0.6 is 0 Å². The maximum atomic E-state index is 7.09. The summed E-state index contributed by atoms with van der Waals surface area (Å²) in [6, 6.07) is 37.4. The van der Waals surface area contributed by atoms with Gasteiger partial charge in [-0.3, -0.25) is 0 Å². The smallest absolute Gasteiger partial charge is 0.159 e. The van der Waals surface area contributed by atoms with E-state index in [0.29, 0.717) is 0 Å². The molecular weight excluding hydrogens is 394 g/mol. The van der Waals surface area contributed by atoms with Gasteiger partial charge in [-0.05, 0) is 37.1 Å². The van der Waals surface area contributed by atoms with Crippen LogP contribution in [0.3, 0.4) is 0 Å². The third-order valence-corrected chi connectivity index (χ3v) is 5.81. The predicted molar refractivity (Wildman–Crippen MR) is 129 cm³/mol. The van der Waals surface area contributed by atoms with E-state index in [1.54, 1.807) is 0 Å². The minimum atomic E-state index is -0.764. The largest absolute Gasteiger partial charge is 0.491 e. The molecule has 1 N–H and O–H groups in total. The van der Waals surface area contributed by atoms with E-state index in [9.17, 15) is 0 Å². The van der Waals surface area contributed by atoms with Gasteiger partial charge in [0.25, 0.3) is 0 Å². The number of benzene rings is 4. The van der Waals surface area contributed by atoms with Crippen molar-refractivity contribution < 1.29 is 9.47 Å². The lowest BCUT2D eigenvalue weighted by atomic mass is 9.78. The summed E-state index contributed by atoms with van der Waals surface area (Å²) in [4.78, 5) is 0. The summed E-state index contributed by atoms with van der Waals surface area (Å²) < 4.78 is 13.2. The molecule has 0 aromatic heterocycles. The van der Waals surface area contributed by atoms with Crippen LogP contribution in [0.15, 0.2) is 109 Å². The summed E-state index contributed by atoms with van der Waals surface area (Å²) in [5, 5.41) is 3.62. The van der Waals surface area contributed by atoms with E-state index < -0.39 is 5.60 Å². The fourth-order valence-corrected chi connectivity index (χ4v) is 4.49. The molecule has 4 aromatic carbocycles. The van der Waals surface area contributed by atoms with E-state index in [1.807, 2.05) is 44.2 Å². The Hall–Kier alpha value is -3.56. The number of hydrogen-bond acceptors (Lipinski definition) is 3. The summed E-state index contributed by atoms with van der Waals surface area (Å²) >= 11 is 0. The van der Waals surface area contributed by atoms with Crippen molar-refractivity contribution in [2.45, 2.75) is 31.8 Å². The van der Waals surface area contributed by atoms with Gasteiger partial charge in [-0.1, -0.05) is 97.1 Å². The Morgan fingerprint density at radius 3 is 1.94 bits per heavy atom. The van der Waals surface area contributed by atoms with Gasteiger partial charge in [-0.2, -0.15) is 0 Å². The average molecular weight is 422 g/mol. The highest BCUT2D eigenvalue weighted by atomic mass is 16.5. The molecule has 1 heterocycles. The van der Waals surface area contributed by atoms with Crippen LogP contribution in [-0.2, 0) is 10.3 Å². The lowest BCUT2D eigenvalue weighted by Gasteiger charge is -2.44. The van der Waals surface area contributed by atoms with E-state index in [4.69, 9.17) is 9.47 Å². The van der Waals surface area contributed by atoms with Crippen LogP contribution in [0.1, 0.15) is 42.3 Å². The van der Waals surface area contributed by atoms with E-state index in [2.05, 4.69) is 84.2 Å². The van der Waals surface area contributed by atoms with Gasteiger partial charge in [0.15, 0.2) is 6.23 Å². The quantitative estimate of drug-likeness (QED) is 0.380. The maximum Gasteiger partial charge on any atom is 0.159 e. The zero-order chi connectivity index (χ0) is 22.0. The standard InChI is InChI=1S/C29H27NO2/c1-21(2)31-27-20-12-9-17-24(27)28-30-26-19-11-10-18-25(26)29(32-28,22-13-5-3-6-14-22)23-15-7-4-8-16-23/h3-21,28,30H,1-2H3/t28-/m0/s1. The number of ether oxygens (including phenoxy) is 2. The number of hydrogen-bond donors (Lipinski definition) is 1. The Balaban J connectivity index is 1.74. The molecular formula is C29H27NO2. The molecule has 0 spiro atoms. The van der Waals surface area contributed by atoms with Gasteiger partial charge in [0, 0.05) is 16.8 Å². The summed E-state index contributed by atoms with van der Waals surface area (Å²) in [7, 11) is 0. The Labute approximate surface area is 189 Å². The lowest BCUT2D eigenvalue weighted by molar-refractivity contribution is -0.0444. The first kappa shape index (κ1) is 20.3. The Morgan fingerprint density at radius 2 is 1.28 bits per heavy atom. The summed E-state index contributed by atoms with van der Waals surface area (Å²) in [6.45, 7) is 4.08. The molecule has 0 unspecified atom stereocenters. The molecule has 0 saturated heterocycles. The van der Waals surface area contributed by atoms with Crippen molar-refractivity contribution in [3.63, 3.8) is 0 Å². The fraction of sp³-hybridized carbons (Fsp3) is 0.172. The molecule has 1 aliphatic heterocycles. The molecule has 0 radical (unpaired) electrons. The van der Waals surface area contributed by atoms with Crippen molar-refractivity contribution >= 4 is 5.69 Å². The van der Waals surface area contributed by atoms with Gasteiger partial charge < -0.3 is 14.8 Å². The second-order valence-corrected chi connectivity index (χ2v) is 8.31. The van der Waals surface area contributed by atoms with E-state index in [-0.39, 0.29) is 12.3 Å². The van der Waals surface area contributed by atoms with Crippen molar-refractivity contribution in [2.24, 2.45) is 0 Å². The van der Waals surface area contributed by atoms with Crippen molar-refractivity contribution in [2.75, 3.05) is 5.32 Å². The Morgan fingerprint density at radius 1 is 0.719 bits per heavy atom. The molecule has 160 valence electrons. The molecule has 3 nitrogen and oxygen atoms in total. The fourth-order valence-electron chi connectivity index (χ4n) is 4.49. The van der Waals surface area contributed by atoms with Gasteiger partial charge in [0.05, 0.1) is 6.10 Å². The van der Waals surface area contributed by atoms with Gasteiger partial charge in [-0.15, -0.1) is 0 Å². The molecule has 1 aliphatic rings.